The number of amides is 1. The molecule has 6 nitrogen and oxygen atoms in total. The van der Waals surface area contributed by atoms with Crippen LogP contribution in [0, 0.1) is 0 Å². The van der Waals surface area contributed by atoms with E-state index < -0.39 is 0 Å². The highest BCUT2D eigenvalue weighted by Gasteiger charge is 2.28. The fourth-order valence-electron chi connectivity index (χ4n) is 3.45. The normalized spacial score (nSPS) is 19.2. The molecule has 1 aliphatic carbocycles. The number of benzene rings is 1. The zero-order valence-corrected chi connectivity index (χ0v) is 14.6. The van der Waals surface area contributed by atoms with Gasteiger partial charge in [0, 0.05) is 36.7 Å². The highest BCUT2D eigenvalue weighted by atomic mass is 16.5. The van der Waals surface area contributed by atoms with Crippen LogP contribution in [-0.4, -0.2) is 35.7 Å². The van der Waals surface area contributed by atoms with Crippen LogP contribution in [-0.2, 0) is 13.0 Å². The molecule has 1 unspecified atom stereocenters. The van der Waals surface area contributed by atoms with Gasteiger partial charge in [-0.05, 0) is 37.5 Å². The van der Waals surface area contributed by atoms with E-state index in [0.717, 1.165) is 55.1 Å². The molecule has 1 aromatic carbocycles. The molecule has 0 radical (unpaired) electrons. The number of hydrogen-bond donors (Lipinski definition) is 1. The molecule has 2 heterocycles. The Morgan fingerprint density at radius 1 is 1.24 bits per heavy atom. The summed E-state index contributed by atoms with van der Waals surface area (Å²) in [6, 6.07) is 6.26. The summed E-state index contributed by atoms with van der Waals surface area (Å²) in [7, 11) is 3.36. The van der Waals surface area contributed by atoms with Gasteiger partial charge in [0.25, 0.3) is 5.91 Å². The molecule has 1 aliphatic heterocycles. The van der Waals surface area contributed by atoms with E-state index in [9.17, 15) is 4.79 Å². The van der Waals surface area contributed by atoms with Crippen LogP contribution < -0.4 is 14.8 Å². The molecule has 2 aliphatic rings. The number of ether oxygens (including phenoxy) is 2. The second-order valence-electron chi connectivity index (χ2n) is 6.79. The number of rotatable bonds is 5. The summed E-state index contributed by atoms with van der Waals surface area (Å²) in [5.74, 6) is 2.95. The van der Waals surface area contributed by atoms with Gasteiger partial charge in [-0.2, -0.15) is 0 Å². The Bertz CT molecular complexity index is 795. The quantitative estimate of drug-likeness (QED) is 0.908. The third-order valence-electron chi connectivity index (χ3n) is 5.01. The second-order valence-corrected chi connectivity index (χ2v) is 6.79. The van der Waals surface area contributed by atoms with Gasteiger partial charge in [-0.1, -0.05) is 0 Å². The van der Waals surface area contributed by atoms with Crippen LogP contribution in [0.2, 0.25) is 0 Å². The van der Waals surface area contributed by atoms with Crippen molar-refractivity contribution in [1.82, 2.24) is 14.9 Å². The first-order valence-electron chi connectivity index (χ1n) is 8.76. The monoisotopic (exact) mass is 341 g/mol. The molecular weight excluding hydrogens is 318 g/mol. The van der Waals surface area contributed by atoms with Gasteiger partial charge in [-0.15, -0.1) is 0 Å². The lowest BCUT2D eigenvalue weighted by molar-refractivity contribution is 0.0946. The number of aromatic nitrogens is 2. The lowest BCUT2D eigenvalue weighted by atomic mass is 9.90. The Balaban J connectivity index is 1.56. The van der Waals surface area contributed by atoms with Gasteiger partial charge >= 0.3 is 0 Å². The number of hydrogen-bond acceptors (Lipinski definition) is 4. The number of aryl methyl sites for hydroxylation is 1. The molecule has 1 saturated carbocycles. The smallest absolute Gasteiger partial charge is 0.271 e. The number of imidazole rings is 1. The summed E-state index contributed by atoms with van der Waals surface area (Å²) < 4.78 is 13.0. The van der Waals surface area contributed by atoms with E-state index >= 15 is 0 Å². The third kappa shape index (κ3) is 3.21. The molecule has 0 bridgehead atoms. The Labute approximate surface area is 147 Å². The topological polar surface area (TPSA) is 65.4 Å². The maximum Gasteiger partial charge on any atom is 0.271 e. The van der Waals surface area contributed by atoms with Crippen molar-refractivity contribution in [3.63, 3.8) is 0 Å². The van der Waals surface area contributed by atoms with E-state index in [2.05, 4.69) is 14.9 Å². The molecule has 1 amide bonds. The number of nitrogens with zero attached hydrogens (tertiary/aromatic N) is 2. The van der Waals surface area contributed by atoms with E-state index in [-0.39, 0.29) is 5.91 Å². The van der Waals surface area contributed by atoms with Crippen molar-refractivity contribution in [1.29, 1.82) is 0 Å². The fraction of sp³-hybridized carbons (Fsp3) is 0.474. The van der Waals surface area contributed by atoms with Gasteiger partial charge in [0.15, 0.2) is 0 Å². The number of carbonyl (C=O) groups is 1. The average Bonchev–Trinajstić information content (AvgIpc) is 3.35. The minimum atomic E-state index is -0.0556. The summed E-state index contributed by atoms with van der Waals surface area (Å²) in [5.41, 5.74) is 1.67. The van der Waals surface area contributed by atoms with Crippen LogP contribution in [0.15, 0.2) is 24.4 Å². The Morgan fingerprint density at radius 3 is 2.80 bits per heavy atom. The molecule has 6 heteroatoms. The Kier molecular flexibility index (Phi) is 4.11. The van der Waals surface area contributed by atoms with Crippen LogP contribution in [0.4, 0.5) is 0 Å². The summed E-state index contributed by atoms with van der Waals surface area (Å²) in [6.07, 6.45) is 5.87. The summed E-state index contributed by atoms with van der Waals surface area (Å²) in [4.78, 5) is 16.8. The summed E-state index contributed by atoms with van der Waals surface area (Å²) in [5, 5.41) is 3.00. The van der Waals surface area contributed by atoms with E-state index in [1.165, 1.54) is 0 Å². The number of nitrogens with one attached hydrogen (secondary N) is 1. The largest absolute Gasteiger partial charge is 0.497 e. The van der Waals surface area contributed by atoms with E-state index in [0.29, 0.717) is 17.7 Å². The van der Waals surface area contributed by atoms with Gasteiger partial charge in [0.2, 0.25) is 0 Å². The van der Waals surface area contributed by atoms with Gasteiger partial charge in [-0.3, -0.25) is 4.79 Å². The molecule has 0 spiro atoms. The Hall–Kier alpha value is -2.50. The maximum atomic E-state index is 12.2. The van der Waals surface area contributed by atoms with Gasteiger partial charge in [-0.25, -0.2) is 4.98 Å². The van der Waals surface area contributed by atoms with Gasteiger partial charge in [0.1, 0.15) is 23.0 Å². The Morgan fingerprint density at radius 2 is 2.08 bits per heavy atom. The molecule has 1 aromatic heterocycles. The van der Waals surface area contributed by atoms with Crippen molar-refractivity contribution >= 4 is 5.91 Å². The molecule has 4 rings (SSSR count). The first-order valence-corrected chi connectivity index (χ1v) is 8.76. The van der Waals surface area contributed by atoms with Crippen LogP contribution in [0.25, 0.3) is 0 Å². The minimum Gasteiger partial charge on any atom is -0.497 e. The van der Waals surface area contributed by atoms with E-state index in [4.69, 9.17) is 9.47 Å². The first-order chi connectivity index (χ1) is 12.2. The van der Waals surface area contributed by atoms with Crippen LogP contribution in [0.1, 0.15) is 47.1 Å². The maximum absolute atomic E-state index is 12.2. The molecule has 25 heavy (non-hydrogen) atoms. The van der Waals surface area contributed by atoms with Gasteiger partial charge < -0.3 is 19.4 Å². The number of methoxy groups -OCH3 is 2. The predicted molar refractivity (Wildman–Crippen MR) is 93.3 cm³/mol. The van der Waals surface area contributed by atoms with Crippen LogP contribution in [0.3, 0.4) is 0 Å². The summed E-state index contributed by atoms with van der Waals surface area (Å²) in [6.45, 7) is 0.794. The zero-order chi connectivity index (χ0) is 17.4. The van der Waals surface area contributed by atoms with Crippen molar-refractivity contribution in [2.24, 2.45) is 0 Å². The highest BCUT2D eigenvalue weighted by molar-refractivity contribution is 5.92. The predicted octanol–water partition coefficient (Wildman–Crippen LogP) is 2.52. The molecule has 132 valence electrons. The highest BCUT2D eigenvalue weighted by Crippen LogP contribution is 2.36. The SMILES string of the molecule is COc1ccc(OC)c(C2CCc3nc(C(=O)NC4CC4)cn3C2)c1. The molecule has 2 aromatic rings. The van der Waals surface area contributed by atoms with Crippen molar-refractivity contribution in [2.45, 2.75) is 44.2 Å². The molecule has 0 saturated heterocycles. The molecule has 1 fully saturated rings. The third-order valence-corrected chi connectivity index (χ3v) is 5.01. The zero-order valence-electron chi connectivity index (χ0n) is 14.6. The average molecular weight is 341 g/mol. The van der Waals surface area contributed by atoms with E-state index in [1.807, 2.05) is 24.4 Å². The standard InChI is InChI=1S/C19H23N3O3/c1-24-14-6-7-17(25-2)15(9-14)12-3-8-18-21-16(11-22(18)10-12)19(23)20-13-4-5-13/h6-7,9,11-13H,3-5,8,10H2,1-2H3,(H,20,23). The van der Waals surface area contributed by atoms with Gasteiger partial charge in [0.05, 0.1) is 14.2 Å². The van der Waals surface area contributed by atoms with Crippen molar-refractivity contribution in [2.75, 3.05) is 14.2 Å². The summed E-state index contributed by atoms with van der Waals surface area (Å²) >= 11 is 0. The van der Waals surface area contributed by atoms with Crippen molar-refractivity contribution in [3.05, 3.63) is 41.5 Å². The molecular formula is C19H23N3O3. The van der Waals surface area contributed by atoms with Crippen molar-refractivity contribution < 1.29 is 14.3 Å². The van der Waals surface area contributed by atoms with Crippen molar-refractivity contribution in [3.8, 4) is 11.5 Å². The fourth-order valence-corrected chi connectivity index (χ4v) is 3.45. The lowest BCUT2D eigenvalue weighted by Gasteiger charge is -2.25. The van der Waals surface area contributed by atoms with Crippen LogP contribution >= 0.6 is 0 Å². The second kappa shape index (κ2) is 6.43. The van der Waals surface area contributed by atoms with Crippen LogP contribution in [0.5, 0.6) is 11.5 Å². The number of carbonyl (C=O) groups excluding carboxylic acids is 1. The molecule has 1 atom stereocenters. The molecule has 1 N–H and O–H groups in total. The number of fused-ring (bicyclic) bond motifs is 1. The lowest BCUT2D eigenvalue weighted by Crippen LogP contribution is -2.25. The first kappa shape index (κ1) is 16.0. The van der Waals surface area contributed by atoms with E-state index in [1.54, 1.807) is 14.2 Å². The minimum absolute atomic E-state index is 0.0556.